The number of hydrogen-bond acceptors (Lipinski definition) is 2. The maximum Gasteiger partial charge on any atom is 0.0591 e. The van der Waals surface area contributed by atoms with Crippen LogP contribution < -0.4 is 5.32 Å². The highest BCUT2D eigenvalue weighted by Crippen LogP contribution is 2.33. The van der Waals surface area contributed by atoms with Crippen LogP contribution in [0, 0.1) is 0 Å². The van der Waals surface area contributed by atoms with Crippen LogP contribution in [0.4, 0.5) is 0 Å². The maximum atomic E-state index is 3.69. The second-order valence-corrected chi connectivity index (χ2v) is 6.95. The number of thiophene rings is 1. The van der Waals surface area contributed by atoms with Crippen LogP contribution in [0.25, 0.3) is 10.1 Å². The Kier molecular flexibility index (Phi) is 4.73. The number of halogens is 1. The van der Waals surface area contributed by atoms with E-state index in [0.717, 1.165) is 17.4 Å². The lowest BCUT2D eigenvalue weighted by molar-refractivity contribution is 0.602. The van der Waals surface area contributed by atoms with E-state index in [1.807, 2.05) is 11.3 Å². The summed E-state index contributed by atoms with van der Waals surface area (Å²) in [5.74, 6) is 0. The quantitative estimate of drug-likeness (QED) is 0.611. The summed E-state index contributed by atoms with van der Waals surface area (Å²) >= 11 is 5.34. The molecule has 3 heteroatoms. The Hall–Kier alpha value is -1.16. The normalized spacial score (nSPS) is 12.7. The van der Waals surface area contributed by atoms with Crippen molar-refractivity contribution in [3.05, 3.63) is 69.5 Å². The average molecular weight is 360 g/mol. The summed E-state index contributed by atoms with van der Waals surface area (Å²) in [6, 6.07) is 17.5. The summed E-state index contributed by atoms with van der Waals surface area (Å²) in [7, 11) is 0. The molecule has 0 spiro atoms. The van der Waals surface area contributed by atoms with Gasteiger partial charge in [0.05, 0.1) is 6.04 Å². The van der Waals surface area contributed by atoms with Gasteiger partial charge in [-0.2, -0.15) is 0 Å². The molecule has 21 heavy (non-hydrogen) atoms. The molecule has 0 fully saturated rings. The highest BCUT2D eigenvalue weighted by Gasteiger charge is 2.17. The molecule has 1 N–H and O–H groups in total. The first-order valence-corrected chi connectivity index (χ1v) is 8.92. The second kappa shape index (κ2) is 6.73. The third-order valence-electron chi connectivity index (χ3n) is 3.62. The van der Waals surface area contributed by atoms with E-state index < -0.39 is 0 Å². The molecule has 0 amide bonds. The Morgan fingerprint density at radius 2 is 1.86 bits per heavy atom. The second-order valence-electron chi connectivity index (χ2n) is 5.13. The summed E-state index contributed by atoms with van der Waals surface area (Å²) in [6.07, 6.45) is 1.13. The van der Waals surface area contributed by atoms with E-state index in [1.165, 1.54) is 21.2 Å². The summed E-state index contributed by atoms with van der Waals surface area (Å²) in [5.41, 5.74) is 2.70. The van der Waals surface area contributed by atoms with Gasteiger partial charge in [-0.25, -0.2) is 0 Å². The minimum atomic E-state index is 0.259. The fourth-order valence-corrected chi connectivity index (χ4v) is 3.82. The molecule has 0 aliphatic carbocycles. The van der Waals surface area contributed by atoms with Crippen LogP contribution in [0.5, 0.6) is 0 Å². The molecule has 1 nitrogen and oxygen atoms in total. The van der Waals surface area contributed by atoms with Gasteiger partial charge in [0.1, 0.15) is 0 Å². The Morgan fingerprint density at radius 1 is 1.10 bits per heavy atom. The Labute approximate surface area is 138 Å². The predicted molar refractivity (Wildman–Crippen MR) is 96.1 cm³/mol. The number of rotatable bonds is 5. The molecular formula is C18H18BrNS. The van der Waals surface area contributed by atoms with Crippen molar-refractivity contribution in [1.82, 2.24) is 5.32 Å². The first kappa shape index (κ1) is 14.8. The van der Waals surface area contributed by atoms with Gasteiger partial charge in [-0.15, -0.1) is 11.3 Å². The van der Waals surface area contributed by atoms with Crippen molar-refractivity contribution in [1.29, 1.82) is 0 Å². The molecule has 0 aliphatic heterocycles. The lowest BCUT2D eigenvalue weighted by Gasteiger charge is -2.19. The van der Waals surface area contributed by atoms with E-state index in [1.54, 1.807) is 0 Å². The smallest absolute Gasteiger partial charge is 0.0591 e. The Morgan fingerprint density at radius 3 is 2.62 bits per heavy atom. The van der Waals surface area contributed by atoms with Gasteiger partial charge in [0, 0.05) is 9.17 Å². The first-order chi connectivity index (χ1) is 10.3. The van der Waals surface area contributed by atoms with Crippen molar-refractivity contribution >= 4 is 37.4 Å². The van der Waals surface area contributed by atoms with Gasteiger partial charge in [0.2, 0.25) is 0 Å². The van der Waals surface area contributed by atoms with Gasteiger partial charge in [-0.3, -0.25) is 0 Å². The number of benzene rings is 2. The molecule has 1 atom stereocenters. The van der Waals surface area contributed by atoms with Crippen LogP contribution in [0.2, 0.25) is 0 Å². The summed E-state index contributed by atoms with van der Waals surface area (Å²) in [6.45, 7) is 3.22. The van der Waals surface area contributed by atoms with Crippen molar-refractivity contribution in [2.75, 3.05) is 6.54 Å². The topological polar surface area (TPSA) is 12.0 Å². The van der Waals surface area contributed by atoms with Gasteiger partial charge >= 0.3 is 0 Å². The van der Waals surface area contributed by atoms with E-state index >= 15 is 0 Å². The lowest BCUT2D eigenvalue weighted by atomic mass is 9.98. The highest BCUT2D eigenvalue weighted by molar-refractivity contribution is 9.10. The molecule has 2 aromatic carbocycles. The molecule has 1 heterocycles. The van der Waals surface area contributed by atoms with Crippen molar-refractivity contribution < 1.29 is 0 Å². The van der Waals surface area contributed by atoms with Crippen LogP contribution in [0.1, 0.15) is 30.5 Å². The van der Waals surface area contributed by atoms with Gasteiger partial charge in [-0.05, 0) is 53.1 Å². The fourth-order valence-electron chi connectivity index (χ4n) is 2.57. The molecule has 0 bridgehead atoms. The highest BCUT2D eigenvalue weighted by atomic mass is 79.9. The molecule has 0 saturated heterocycles. The zero-order valence-electron chi connectivity index (χ0n) is 12.0. The van der Waals surface area contributed by atoms with E-state index in [2.05, 4.69) is 82.1 Å². The minimum Gasteiger partial charge on any atom is -0.306 e. The van der Waals surface area contributed by atoms with Gasteiger partial charge in [-0.1, -0.05) is 53.2 Å². The largest absolute Gasteiger partial charge is 0.306 e. The SMILES string of the molecule is CCCNC(c1ccc(Br)cc1)c1csc2ccccc12. The zero-order chi connectivity index (χ0) is 14.7. The van der Waals surface area contributed by atoms with Crippen LogP contribution in [0.15, 0.2) is 58.4 Å². The zero-order valence-corrected chi connectivity index (χ0v) is 14.4. The van der Waals surface area contributed by atoms with Crippen molar-refractivity contribution in [2.45, 2.75) is 19.4 Å². The van der Waals surface area contributed by atoms with E-state index in [0.29, 0.717) is 0 Å². The summed E-state index contributed by atoms with van der Waals surface area (Å²) in [5, 5.41) is 7.34. The number of nitrogens with one attached hydrogen (secondary N) is 1. The Balaban J connectivity index is 2.04. The molecule has 1 aromatic heterocycles. The van der Waals surface area contributed by atoms with Crippen molar-refractivity contribution in [2.24, 2.45) is 0 Å². The number of fused-ring (bicyclic) bond motifs is 1. The monoisotopic (exact) mass is 359 g/mol. The van der Waals surface area contributed by atoms with Crippen molar-refractivity contribution in [3.63, 3.8) is 0 Å². The van der Waals surface area contributed by atoms with Crippen LogP contribution in [-0.4, -0.2) is 6.54 Å². The van der Waals surface area contributed by atoms with Gasteiger partial charge in [0.15, 0.2) is 0 Å². The molecule has 3 rings (SSSR count). The van der Waals surface area contributed by atoms with Crippen LogP contribution >= 0.6 is 27.3 Å². The van der Waals surface area contributed by atoms with Gasteiger partial charge in [0.25, 0.3) is 0 Å². The van der Waals surface area contributed by atoms with Crippen molar-refractivity contribution in [3.8, 4) is 0 Å². The molecule has 0 aliphatic rings. The molecule has 0 radical (unpaired) electrons. The lowest BCUT2D eigenvalue weighted by Crippen LogP contribution is -2.22. The third-order valence-corrected chi connectivity index (χ3v) is 5.13. The predicted octanol–water partition coefficient (Wildman–Crippen LogP) is 5.75. The summed E-state index contributed by atoms with van der Waals surface area (Å²) < 4.78 is 2.48. The standard InChI is InChI=1S/C18H18BrNS/c1-2-11-20-18(13-7-9-14(19)10-8-13)16-12-21-17-6-4-3-5-15(16)17/h3-10,12,18,20H,2,11H2,1H3. The Bertz CT molecular complexity index is 717. The third kappa shape index (κ3) is 3.20. The molecule has 108 valence electrons. The van der Waals surface area contributed by atoms with Gasteiger partial charge < -0.3 is 5.32 Å². The number of hydrogen-bond donors (Lipinski definition) is 1. The average Bonchev–Trinajstić information content (AvgIpc) is 2.93. The first-order valence-electron chi connectivity index (χ1n) is 7.24. The van der Waals surface area contributed by atoms with Crippen LogP contribution in [-0.2, 0) is 0 Å². The molecular weight excluding hydrogens is 342 g/mol. The maximum absolute atomic E-state index is 3.69. The minimum absolute atomic E-state index is 0.259. The van der Waals surface area contributed by atoms with Crippen LogP contribution in [0.3, 0.4) is 0 Å². The van der Waals surface area contributed by atoms with E-state index in [-0.39, 0.29) is 6.04 Å². The molecule has 0 saturated carbocycles. The van der Waals surface area contributed by atoms with E-state index in [9.17, 15) is 0 Å². The van der Waals surface area contributed by atoms with E-state index in [4.69, 9.17) is 0 Å². The molecule has 3 aromatic rings. The fraction of sp³-hybridized carbons (Fsp3) is 0.222. The molecule has 1 unspecified atom stereocenters. The summed E-state index contributed by atoms with van der Waals surface area (Å²) in [4.78, 5) is 0.